The van der Waals surface area contributed by atoms with E-state index in [2.05, 4.69) is 20.5 Å². The van der Waals surface area contributed by atoms with Crippen LogP contribution in [0.2, 0.25) is 0 Å². The summed E-state index contributed by atoms with van der Waals surface area (Å²) >= 11 is 0. The standard InChI is InChI=1S/C16H12N6O/c23-16-14-8-4-5-9-15(14)18-20-21(16)11-12-10-17-22(19-12)13-6-2-1-3-7-13/h1-10H,11H2. The summed E-state index contributed by atoms with van der Waals surface area (Å²) in [6.07, 6.45) is 1.62. The monoisotopic (exact) mass is 304 g/mol. The molecule has 0 spiro atoms. The first kappa shape index (κ1) is 13.3. The number of hydrogen-bond donors (Lipinski definition) is 0. The van der Waals surface area contributed by atoms with E-state index in [9.17, 15) is 4.79 Å². The van der Waals surface area contributed by atoms with Crippen molar-refractivity contribution in [1.82, 2.24) is 30.0 Å². The van der Waals surface area contributed by atoms with Crippen molar-refractivity contribution < 1.29 is 0 Å². The maximum absolute atomic E-state index is 12.4. The summed E-state index contributed by atoms with van der Waals surface area (Å²) in [5.41, 5.74) is 1.89. The summed E-state index contributed by atoms with van der Waals surface area (Å²) in [5, 5.41) is 17.2. The molecule has 4 rings (SSSR count). The SMILES string of the molecule is O=c1c2ccccc2nnn1Cc1cnn(-c2ccccc2)n1. The smallest absolute Gasteiger partial charge is 0.267 e. The zero-order valence-electron chi connectivity index (χ0n) is 12.1. The number of hydrogen-bond acceptors (Lipinski definition) is 5. The molecule has 0 aliphatic rings. The lowest BCUT2D eigenvalue weighted by atomic mass is 10.2. The highest BCUT2D eigenvalue weighted by Gasteiger charge is 2.08. The van der Waals surface area contributed by atoms with Crippen molar-refractivity contribution in [3.8, 4) is 5.69 Å². The average molecular weight is 304 g/mol. The maximum Gasteiger partial charge on any atom is 0.277 e. The molecule has 0 radical (unpaired) electrons. The van der Waals surface area contributed by atoms with E-state index in [4.69, 9.17) is 0 Å². The van der Waals surface area contributed by atoms with Crippen LogP contribution in [-0.4, -0.2) is 30.0 Å². The Bertz CT molecular complexity index is 1020. The Labute approximate surface area is 130 Å². The fraction of sp³-hybridized carbons (Fsp3) is 0.0625. The summed E-state index contributed by atoms with van der Waals surface area (Å²) in [4.78, 5) is 13.9. The van der Waals surface area contributed by atoms with Gasteiger partial charge in [0.1, 0.15) is 11.2 Å². The van der Waals surface area contributed by atoms with Gasteiger partial charge in [-0.1, -0.05) is 35.5 Å². The van der Waals surface area contributed by atoms with Gasteiger partial charge in [-0.3, -0.25) is 4.79 Å². The van der Waals surface area contributed by atoms with Crippen molar-refractivity contribution in [2.24, 2.45) is 0 Å². The summed E-state index contributed by atoms with van der Waals surface area (Å²) < 4.78 is 1.29. The molecule has 4 aromatic rings. The Hall–Kier alpha value is -3.35. The van der Waals surface area contributed by atoms with Crippen molar-refractivity contribution in [2.45, 2.75) is 6.54 Å². The van der Waals surface area contributed by atoms with Gasteiger partial charge in [0.15, 0.2) is 0 Å². The second-order valence-electron chi connectivity index (χ2n) is 5.03. The summed E-state index contributed by atoms with van der Waals surface area (Å²) in [7, 11) is 0. The molecule has 23 heavy (non-hydrogen) atoms. The van der Waals surface area contributed by atoms with E-state index in [1.165, 1.54) is 9.48 Å². The first-order valence-corrected chi connectivity index (χ1v) is 7.10. The molecule has 0 aliphatic carbocycles. The molecule has 0 saturated heterocycles. The van der Waals surface area contributed by atoms with Crippen molar-refractivity contribution in [3.05, 3.63) is 76.8 Å². The van der Waals surface area contributed by atoms with Crippen molar-refractivity contribution in [1.29, 1.82) is 0 Å². The van der Waals surface area contributed by atoms with E-state index >= 15 is 0 Å². The van der Waals surface area contributed by atoms with Crippen LogP contribution >= 0.6 is 0 Å². The zero-order chi connectivity index (χ0) is 15.6. The summed E-state index contributed by atoms with van der Waals surface area (Å²) in [6, 6.07) is 16.7. The zero-order valence-corrected chi connectivity index (χ0v) is 12.1. The molecule has 112 valence electrons. The van der Waals surface area contributed by atoms with Crippen LogP contribution in [0.25, 0.3) is 16.6 Å². The minimum Gasteiger partial charge on any atom is -0.267 e. The molecule has 2 aromatic carbocycles. The Morgan fingerprint density at radius 2 is 1.74 bits per heavy atom. The van der Waals surface area contributed by atoms with Crippen LogP contribution in [0.4, 0.5) is 0 Å². The van der Waals surface area contributed by atoms with Gasteiger partial charge in [0, 0.05) is 0 Å². The average Bonchev–Trinajstić information content (AvgIpc) is 3.07. The van der Waals surface area contributed by atoms with E-state index in [1.54, 1.807) is 24.4 Å². The van der Waals surface area contributed by atoms with Crippen molar-refractivity contribution in [2.75, 3.05) is 0 Å². The molecule has 0 saturated carbocycles. The van der Waals surface area contributed by atoms with Crippen molar-refractivity contribution >= 4 is 10.9 Å². The van der Waals surface area contributed by atoms with Gasteiger partial charge in [0.05, 0.1) is 23.8 Å². The van der Waals surface area contributed by atoms with E-state index in [1.807, 2.05) is 36.4 Å². The molecule has 7 heteroatoms. The molecule has 0 bridgehead atoms. The Kier molecular flexibility index (Phi) is 3.16. The normalized spacial score (nSPS) is 11.0. The lowest BCUT2D eigenvalue weighted by Crippen LogP contribution is -2.25. The molecule has 0 amide bonds. The van der Waals surface area contributed by atoms with Crippen LogP contribution in [-0.2, 0) is 6.54 Å². The molecule has 2 aromatic heterocycles. The van der Waals surface area contributed by atoms with Crippen LogP contribution in [0.15, 0.2) is 65.6 Å². The van der Waals surface area contributed by atoms with Crippen LogP contribution in [0.3, 0.4) is 0 Å². The topological polar surface area (TPSA) is 78.5 Å². The molecular weight excluding hydrogens is 292 g/mol. The fourth-order valence-corrected chi connectivity index (χ4v) is 2.33. The highest BCUT2D eigenvalue weighted by Crippen LogP contribution is 2.06. The van der Waals surface area contributed by atoms with Crippen LogP contribution < -0.4 is 5.56 Å². The lowest BCUT2D eigenvalue weighted by Gasteiger charge is -2.02. The third-order valence-electron chi connectivity index (χ3n) is 3.47. The Balaban J connectivity index is 1.68. The van der Waals surface area contributed by atoms with E-state index < -0.39 is 0 Å². The predicted octanol–water partition coefficient (Wildman–Crippen LogP) is 1.42. The highest BCUT2D eigenvalue weighted by molar-refractivity contribution is 5.76. The fourth-order valence-electron chi connectivity index (χ4n) is 2.33. The molecule has 0 atom stereocenters. The van der Waals surface area contributed by atoms with Crippen LogP contribution in [0.5, 0.6) is 0 Å². The summed E-state index contributed by atoms with van der Waals surface area (Å²) in [5.74, 6) is 0. The number of para-hydroxylation sites is 1. The van der Waals surface area contributed by atoms with Gasteiger partial charge in [-0.2, -0.15) is 15.0 Å². The van der Waals surface area contributed by atoms with Gasteiger partial charge in [0.25, 0.3) is 5.56 Å². The molecule has 0 N–H and O–H groups in total. The second kappa shape index (κ2) is 5.45. The number of aromatic nitrogens is 6. The number of nitrogens with zero attached hydrogens (tertiary/aromatic N) is 6. The first-order chi connectivity index (χ1) is 11.3. The number of fused-ring (bicyclic) bond motifs is 1. The molecule has 0 aliphatic heterocycles. The minimum atomic E-state index is -0.190. The molecule has 0 fully saturated rings. The van der Waals surface area contributed by atoms with Crippen molar-refractivity contribution in [3.63, 3.8) is 0 Å². The van der Waals surface area contributed by atoms with Gasteiger partial charge >= 0.3 is 0 Å². The Morgan fingerprint density at radius 1 is 0.957 bits per heavy atom. The second-order valence-corrected chi connectivity index (χ2v) is 5.03. The number of benzene rings is 2. The molecule has 0 unspecified atom stereocenters. The van der Waals surface area contributed by atoms with E-state index in [0.717, 1.165) is 5.69 Å². The first-order valence-electron chi connectivity index (χ1n) is 7.10. The van der Waals surface area contributed by atoms with E-state index in [-0.39, 0.29) is 12.1 Å². The van der Waals surface area contributed by atoms with E-state index in [0.29, 0.717) is 16.6 Å². The number of rotatable bonds is 3. The highest BCUT2D eigenvalue weighted by atomic mass is 16.1. The minimum absolute atomic E-state index is 0.190. The lowest BCUT2D eigenvalue weighted by molar-refractivity contribution is 0.586. The van der Waals surface area contributed by atoms with Gasteiger partial charge < -0.3 is 0 Å². The predicted molar refractivity (Wildman–Crippen MR) is 84.3 cm³/mol. The molecule has 2 heterocycles. The van der Waals surface area contributed by atoms with Gasteiger partial charge in [-0.15, -0.1) is 5.10 Å². The maximum atomic E-state index is 12.4. The van der Waals surface area contributed by atoms with Crippen LogP contribution in [0, 0.1) is 0 Å². The largest absolute Gasteiger partial charge is 0.277 e. The molecular formula is C16H12N6O. The van der Waals surface area contributed by atoms with Gasteiger partial charge in [0.2, 0.25) is 0 Å². The Morgan fingerprint density at radius 3 is 2.61 bits per heavy atom. The third-order valence-corrected chi connectivity index (χ3v) is 3.47. The third kappa shape index (κ3) is 2.48. The molecule has 7 nitrogen and oxygen atoms in total. The van der Waals surface area contributed by atoms with Gasteiger partial charge in [-0.05, 0) is 24.3 Å². The summed E-state index contributed by atoms with van der Waals surface area (Å²) in [6.45, 7) is 0.226. The quantitative estimate of drug-likeness (QED) is 0.572. The van der Waals surface area contributed by atoms with Gasteiger partial charge in [-0.25, -0.2) is 4.68 Å². The van der Waals surface area contributed by atoms with Crippen LogP contribution in [0.1, 0.15) is 5.69 Å².